The number of nitrogens with zero attached hydrogens (tertiary/aromatic N) is 1. The molecule has 1 N–H and O–H groups in total. The van der Waals surface area contributed by atoms with Gasteiger partial charge in [0.2, 0.25) is 5.91 Å². The second-order valence-electron chi connectivity index (χ2n) is 6.52. The molecule has 4 fully saturated rings. The molecule has 94 valence electrons. The molecule has 4 aliphatic rings. The molecule has 17 heavy (non-hydrogen) atoms. The van der Waals surface area contributed by atoms with Crippen molar-refractivity contribution < 1.29 is 9.90 Å². The summed E-state index contributed by atoms with van der Waals surface area (Å²) in [5.74, 6) is 1.57. The zero-order valence-corrected chi connectivity index (χ0v) is 10.2. The second-order valence-corrected chi connectivity index (χ2v) is 6.52. The minimum absolute atomic E-state index is 0.189. The first-order valence-electron chi connectivity index (χ1n) is 7.27. The molecule has 3 nitrogen and oxygen atoms in total. The summed E-state index contributed by atoms with van der Waals surface area (Å²) < 4.78 is 0. The number of aliphatic hydroxyl groups is 1. The van der Waals surface area contributed by atoms with Crippen LogP contribution in [0.25, 0.3) is 0 Å². The molecular formula is C14H21NO2. The summed E-state index contributed by atoms with van der Waals surface area (Å²) in [7, 11) is 0. The monoisotopic (exact) mass is 235 g/mol. The molecule has 1 amide bonds. The van der Waals surface area contributed by atoms with Gasteiger partial charge in [-0.25, -0.2) is 0 Å². The van der Waals surface area contributed by atoms with Crippen LogP contribution >= 0.6 is 0 Å². The van der Waals surface area contributed by atoms with Gasteiger partial charge in [-0.1, -0.05) is 19.3 Å². The van der Waals surface area contributed by atoms with E-state index in [1.807, 2.05) is 0 Å². The van der Waals surface area contributed by atoms with E-state index in [2.05, 4.69) is 4.90 Å². The van der Waals surface area contributed by atoms with Crippen LogP contribution in [-0.2, 0) is 4.79 Å². The maximum Gasteiger partial charge on any atom is 0.226 e. The van der Waals surface area contributed by atoms with Crippen molar-refractivity contribution in [2.24, 2.45) is 17.8 Å². The normalized spacial score (nSPS) is 49.4. The minimum Gasteiger partial charge on any atom is -0.391 e. The highest BCUT2D eigenvalue weighted by atomic mass is 16.3. The van der Waals surface area contributed by atoms with Gasteiger partial charge in [-0.15, -0.1) is 0 Å². The maximum atomic E-state index is 12.5. The van der Waals surface area contributed by atoms with Crippen LogP contribution in [0.5, 0.6) is 0 Å². The number of amides is 1. The Morgan fingerprint density at radius 1 is 1.12 bits per heavy atom. The second kappa shape index (κ2) is 3.47. The van der Waals surface area contributed by atoms with E-state index in [9.17, 15) is 9.90 Å². The van der Waals surface area contributed by atoms with Crippen LogP contribution in [0.1, 0.15) is 44.9 Å². The molecular weight excluding hydrogens is 214 g/mol. The van der Waals surface area contributed by atoms with E-state index in [0.717, 1.165) is 12.8 Å². The van der Waals surface area contributed by atoms with Crippen LogP contribution < -0.4 is 0 Å². The molecule has 0 spiro atoms. The zero-order chi connectivity index (χ0) is 11.6. The van der Waals surface area contributed by atoms with Crippen molar-refractivity contribution in [1.29, 1.82) is 0 Å². The third-order valence-electron chi connectivity index (χ3n) is 5.78. The van der Waals surface area contributed by atoms with Gasteiger partial charge in [0.1, 0.15) is 0 Å². The van der Waals surface area contributed by atoms with Crippen molar-refractivity contribution in [1.82, 2.24) is 4.90 Å². The van der Waals surface area contributed by atoms with Crippen molar-refractivity contribution in [3.8, 4) is 0 Å². The molecule has 0 aromatic heterocycles. The Morgan fingerprint density at radius 2 is 1.88 bits per heavy atom. The fourth-order valence-corrected chi connectivity index (χ4v) is 5.08. The van der Waals surface area contributed by atoms with Gasteiger partial charge in [0.05, 0.1) is 12.1 Å². The minimum atomic E-state index is -0.218. The molecule has 2 bridgehead atoms. The summed E-state index contributed by atoms with van der Waals surface area (Å²) >= 11 is 0. The number of likely N-dealkylation sites (tertiary alicyclic amines) is 1. The van der Waals surface area contributed by atoms with Gasteiger partial charge in [-0.05, 0) is 37.5 Å². The van der Waals surface area contributed by atoms with E-state index in [1.165, 1.54) is 32.1 Å². The molecule has 3 aliphatic carbocycles. The number of carbonyl (C=O) groups excluding carboxylic acids is 1. The van der Waals surface area contributed by atoms with Crippen LogP contribution in [-0.4, -0.2) is 34.1 Å². The lowest BCUT2D eigenvalue weighted by Crippen LogP contribution is -2.48. The third-order valence-corrected chi connectivity index (χ3v) is 5.78. The first-order chi connectivity index (χ1) is 8.27. The highest BCUT2D eigenvalue weighted by molar-refractivity contribution is 5.83. The lowest BCUT2D eigenvalue weighted by molar-refractivity contribution is -0.135. The molecule has 4 rings (SSSR count). The van der Waals surface area contributed by atoms with Crippen molar-refractivity contribution in [2.45, 2.75) is 63.1 Å². The van der Waals surface area contributed by atoms with Gasteiger partial charge in [0, 0.05) is 12.0 Å². The first-order valence-corrected chi connectivity index (χ1v) is 7.27. The molecule has 0 aromatic rings. The lowest BCUT2D eigenvalue weighted by Gasteiger charge is -2.37. The highest BCUT2D eigenvalue weighted by Crippen LogP contribution is 2.56. The van der Waals surface area contributed by atoms with E-state index in [1.54, 1.807) is 0 Å². The largest absolute Gasteiger partial charge is 0.391 e. The fraction of sp³-hybridized carbons (Fsp3) is 0.929. The van der Waals surface area contributed by atoms with E-state index in [4.69, 9.17) is 0 Å². The number of rotatable bonds is 1. The smallest absolute Gasteiger partial charge is 0.226 e. The van der Waals surface area contributed by atoms with Crippen LogP contribution in [0.15, 0.2) is 0 Å². The summed E-state index contributed by atoms with van der Waals surface area (Å²) in [6, 6.07) is 0.634. The SMILES string of the molecule is O=C1C2CC3CC2C(C3O)N1C1CCCCC1. The highest BCUT2D eigenvalue weighted by Gasteiger charge is 2.63. The molecule has 1 saturated heterocycles. The Morgan fingerprint density at radius 3 is 2.59 bits per heavy atom. The summed E-state index contributed by atoms with van der Waals surface area (Å²) in [4.78, 5) is 14.6. The van der Waals surface area contributed by atoms with Crippen LogP contribution in [0.3, 0.4) is 0 Å². The maximum absolute atomic E-state index is 12.5. The van der Waals surface area contributed by atoms with Gasteiger partial charge >= 0.3 is 0 Å². The van der Waals surface area contributed by atoms with Crippen LogP contribution in [0, 0.1) is 17.8 Å². The standard InChI is InChI=1S/C14H21NO2/c16-13-8-6-10-11(7-8)14(17)15(12(10)13)9-4-2-1-3-5-9/h8-13,16H,1-7H2. The molecule has 5 unspecified atom stereocenters. The summed E-state index contributed by atoms with van der Waals surface area (Å²) in [5.41, 5.74) is 0. The Balaban J connectivity index is 1.65. The van der Waals surface area contributed by atoms with Gasteiger partial charge in [-0.2, -0.15) is 0 Å². The number of hydrogen-bond donors (Lipinski definition) is 1. The summed E-state index contributed by atoms with van der Waals surface area (Å²) in [6.45, 7) is 0. The predicted molar refractivity (Wildman–Crippen MR) is 63.2 cm³/mol. The number of hydrogen-bond acceptors (Lipinski definition) is 2. The van der Waals surface area contributed by atoms with Gasteiger partial charge in [0.15, 0.2) is 0 Å². The zero-order valence-electron chi connectivity index (χ0n) is 10.2. The fourth-order valence-electron chi connectivity index (χ4n) is 5.08. The van der Waals surface area contributed by atoms with Gasteiger partial charge in [0.25, 0.3) is 0 Å². The van der Waals surface area contributed by atoms with Crippen molar-refractivity contribution in [3.05, 3.63) is 0 Å². The van der Waals surface area contributed by atoms with Crippen molar-refractivity contribution >= 4 is 5.91 Å². The third kappa shape index (κ3) is 1.24. The Kier molecular flexibility index (Phi) is 2.11. The predicted octanol–water partition coefficient (Wildman–Crippen LogP) is 1.55. The molecule has 0 radical (unpaired) electrons. The Hall–Kier alpha value is -0.570. The van der Waals surface area contributed by atoms with E-state index >= 15 is 0 Å². The molecule has 5 atom stereocenters. The van der Waals surface area contributed by atoms with Crippen molar-refractivity contribution in [3.63, 3.8) is 0 Å². The van der Waals surface area contributed by atoms with Gasteiger partial charge in [-0.3, -0.25) is 4.79 Å². The Labute approximate surface area is 102 Å². The number of aliphatic hydroxyl groups excluding tert-OH is 1. The topological polar surface area (TPSA) is 40.5 Å². The van der Waals surface area contributed by atoms with Crippen molar-refractivity contribution in [2.75, 3.05) is 0 Å². The van der Waals surface area contributed by atoms with E-state index in [0.29, 0.717) is 23.8 Å². The van der Waals surface area contributed by atoms with E-state index < -0.39 is 0 Å². The first kappa shape index (κ1) is 10.4. The van der Waals surface area contributed by atoms with Gasteiger partial charge < -0.3 is 10.0 Å². The number of carbonyl (C=O) groups is 1. The quantitative estimate of drug-likeness (QED) is 0.749. The molecule has 3 saturated carbocycles. The summed E-state index contributed by atoms with van der Waals surface area (Å²) in [5, 5.41) is 10.3. The average Bonchev–Trinajstić information content (AvgIpc) is 2.95. The molecule has 1 heterocycles. The average molecular weight is 235 g/mol. The molecule has 3 heteroatoms. The Bertz CT molecular complexity index is 350. The number of fused-ring (bicyclic) bond motifs is 1. The lowest BCUT2D eigenvalue weighted by atomic mass is 9.87. The summed E-state index contributed by atoms with van der Waals surface area (Å²) in [6.07, 6.45) is 8.02. The van der Waals surface area contributed by atoms with Crippen LogP contribution in [0.4, 0.5) is 0 Å². The molecule has 0 aromatic carbocycles. The molecule has 1 aliphatic heterocycles. The van der Waals surface area contributed by atoms with Crippen LogP contribution in [0.2, 0.25) is 0 Å². The van der Waals surface area contributed by atoms with E-state index in [-0.39, 0.29) is 18.1 Å².